The summed E-state index contributed by atoms with van der Waals surface area (Å²) in [5.74, 6) is -0.280. The molecule has 0 saturated heterocycles. The highest BCUT2D eigenvalue weighted by molar-refractivity contribution is 7.17. The molecule has 0 amide bonds. The van der Waals surface area contributed by atoms with E-state index in [1.54, 1.807) is 5.38 Å². The molecule has 0 atom stereocenters. The molecular weight excluding hydrogens is 197 g/mol. The van der Waals surface area contributed by atoms with Crippen LogP contribution >= 0.6 is 11.3 Å². The van der Waals surface area contributed by atoms with Crippen LogP contribution in [-0.4, -0.2) is 0 Å². The molecule has 2 rings (SSSR count). The van der Waals surface area contributed by atoms with E-state index in [4.69, 9.17) is 5.26 Å². The topological polar surface area (TPSA) is 23.8 Å². The summed E-state index contributed by atoms with van der Waals surface area (Å²) in [6.07, 6.45) is 0.812. The summed E-state index contributed by atoms with van der Waals surface area (Å²) in [6, 6.07) is 5.46. The lowest BCUT2D eigenvalue weighted by molar-refractivity contribution is 0.638. The van der Waals surface area contributed by atoms with Crippen LogP contribution in [0.25, 0.3) is 10.1 Å². The number of nitrogens with zero attached hydrogens (tertiary/aromatic N) is 1. The molecule has 70 valence electrons. The fourth-order valence-electron chi connectivity index (χ4n) is 1.46. The Hall–Kier alpha value is -1.40. The Balaban J connectivity index is 2.80. The van der Waals surface area contributed by atoms with E-state index in [0.29, 0.717) is 10.9 Å². The van der Waals surface area contributed by atoms with Gasteiger partial charge in [-0.2, -0.15) is 5.26 Å². The van der Waals surface area contributed by atoms with Gasteiger partial charge in [-0.05, 0) is 24.1 Å². The minimum absolute atomic E-state index is 0.280. The average Bonchev–Trinajstić information content (AvgIpc) is 2.61. The largest absolute Gasteiger partial charge is 0.206 e. The van der Waals surface area contributed by atoms with Gasteiger partial charge in [0.2, 0.25) is 0 Å². The van der Waals surface area contributed by atoms with E-state index in [-0.39, 0.29) is 5.82 Å². The van der Waals surface area contributed by atoms with Gasteiger partial charge in [0.1, 0.15) is 11.9 Å². The number of fused-ring (bicyclic) bond motifs is 1. The molecule has 3 heteroatoms. The van der Waals surface area contributed by atoms with E-state index in [1.807, 2.05) is 19.1 Å². The van der Waals surface area contributed by atoms with Crippen molar-refractivity contribution in [1.82, 2.24) is 0 Å². The Morgan fingerprint density at radius 1 is 1.50 bits per heavy atom. The van der Waals surface area contributed by atoms with Crippen molar-refractivity contribution >= 4 is 21.4 Å². The number of rotatable bonds is 1. The molecule has 14 heavy (non-hydrogen) atoms. The highest BCUT2D eigenvalue weighted by atomic mass is 32.1. The maximum atomic E-state index is 13.6. The highest BCUT2D eigenvalue weighted by Crippen LogP contribution is 2.29. The molecule has 0 saturated carbocycles. The van der Waals surface area contributed by atoms with Crippen LogP contribution in [0.3, 0.4) is 0 Å². The molecule has 0 N–H and O–H groups in total. The van der Waals surface area contributed by atoms with E-state index < -0.39 is 0 Å². The van der Waals surface area contributed by atoms with Crippen LogP contribution in [0.2, 0.25) is 0 Å². The van der Waals surface area contributed by atoms with Crippen LogP contribution in [0.4, 0.5) is 4.39 Å². The van der Waals surface area contributed by atoms with Crippen LogP contribution in [0.15, 0.2) is 17.5 Å². The Labute approximate surface area is 85.4 Å². The molecular formula is C11H8FNS. The molecule has 0 aliphatic carbocycles. The summed E-state index contributed by atoms with van der Waals surface area (Å²) in [5, 5.41) is 10.9. The number of aryl methyl sites for hydroxylation is 1. The second-order valence-corrected chi connectivity index (χ2v) is 3.98. The zero-order chi connectivity index (χ0) is 10.1. The molecule has 0 radical (unpaired) electrons. The molecule has 1 aromatic carbocycles. The Morgan fingerprint density at radius 3 is 2.93 bits per heavy atom. The SMILES string of the molecule is CCc1cc(F)c2c(C#N)csc2c1. The third kappa shape index (κ3) is 1.28. The third-order valence-corrected chi connectivity index (χ3v) is 3.15. The van der Waals surface area contributed by atoms with Gasteiger partial charge in [-0.15, -0.1) is 11.3 Å². The van der Waals surface area contributed by atoms with E-state index in [9.17, 15) is 4.39 Å². The van der Waals surface area contributed by atoms with Gasteiger partial charge in [0.05, 0.1) is 5.56 Å². The standard InChI is InChI=1S/C11H8FNS/c1-2-7-3-9(12)11-8(5-13)6-14-10(11)4-7/h3-4,6H,2H2,1H3. The van der Waals surface area contributed by atoms with Crippen molar-refractivity contribution in [2.24, 2.45) is 0 Å². The van der Waals surface area contributed by atoms with Gasteiger partial charge in [0.15, 0.2) is 0 Å². The van der Waals surface area contributed by atoms with Crippen molar-refractivity contribution in [2.45, 2.75) is 13.3 Å². The van der Waals surface area contributed by atoms with Crippen LogP contribution in [-0.2, 0) is 6.42 Å². The summed E-state index contributed by atoms with van der Waals surface area (Å²) in [5.41, 5.74) is 1.41. The lowest BCUT2D eigenvalue weighted by Crippen LogP contribution is -1.84. The number of thiophene rings is 1. The number of halogens is 1. The molecule has 1 nitrogen and oxygen atoms in total. The van der Waals surface area contributed by atoms with Gasteiger partial charge >= 0.3 is 0 Å². The summed E-state index contributed by atoms with van der Waals surface area (Å²) in [4.78, 5) is 0. The van der Waals surface area contributed by atoms with Crippen molar-refractivity contribution in [1.29, 1.82) is 5.26 Å². The van der Waals surface area contributed by atoms with Gasteiger partial charge in [-0.25, -0.2) is 4.39 Å². The normalized spacial score (nSPS) is 10.4. The van der Waals surface area contributed by atoms with Crippen molar-refractivity contribution in [3.05, 3.63) is 34.5 Å². The maximum absolute atomic E-state index is 13.6. The first-order valence-corrected chi connectivity index (χ1v) is 5.24. The zero-order valence-electron chi connectivity index (χ0n) is 7.67. The molecule has 0 aliphatic heterocycles. The predicted molar refractivity (Wildman–Crippen MR) is 55.9 cm³/mol. The fourth-order valence-corrected chi connectivity index (χ4v) is 2.42. The quantitative estimate of drug-likeness (QED) is 0.699. The van der Waals surface area contributed by atoms with Gasteiger partial charge in [-0.1, -0.05) is 6.92 Å². The van der Waals surface area contributed by atoms with Crippen molar-refractivity contribution in [3.8, 4) is 6.07 Å². The molecule has 0 spiro atoms. The summed E-state index contributed by atoms with van der Waals surface area (Å²) in [7, 11) is 0. The number of hydrogen-bond acceptors (Lipinski definition) is 2. The molecule has 0 aliphatic rings. The maximum Gasteiger partial charge on any atom is 0.133 e. The first-order valence-electron chi connectivity index (χ1n) is 4.36. The monoisotopic (exact) mass is 205 g/mol. The van der Waals surface area contributed by atoms with Crippen molar-refractivity contribution in [2.75, 3.05) is 0 Å². The van der Waals surface area contributed by atoms with Gasteiger partial charge in [0, 0.05) is 15.5 Å². The van der Waals surface area contributed by atoms with Gasteiger partial charge in [-0.3, -0.25) is 0 Å². The van der Waals surface area contributed by atoms with Gasteiger partial charge in [0.25, 0.3) is 0 Å². The predicted octanol–water partition coefficient (Wildman–Crippen LogP) is 3.47. The van der Waals surface area contributed by atoms with E-state index in [2.05, 4.69) is 0 Å². The number of nitriles is 1. The first kappa shape index (κ1) is 9.17. The second-order valence-electron chi connectivity index (χ2n) is 3.07. The lowest BCUT2D eigenvalue weighted by Gasteiger charge is -1.98. The second kappa shape index (κ2) is 3.39. The third-order valence-electron chi connectivity index (χ3n) is 2.22. The van der Waals surface area contributed by atoms with Crippen LogP contribution in [0.1, 0.15) is 18.1 Å². The number of benzene rings is 1. The zero-order valence-corrected chi connectivity index (χ0v) is 8.49. The van der Waals surface area contributed by atoms with Crippen molar-refractivity contribution in [3.63, 3.8) is 0 Å². The molecule has 0 fully saturated rings. The molecule has 0 unspecified atom stereocenters. The Morgan fingerprint density at radius 2 is 2.29 bits per heavy atom. The van der Waals surface area contributed by atoms with Crippen LogP contribution in [0, 0.1) is 17.1 Å². The summed E-state index contributed by atoms with van der Waals surface area (Å²) in [6.45, 7) is 1.99. The highest BCUT2D eigenvalue weighted by Gasteiger charge is 2.09. The van der Waals surface area contributed by atoms with Crippen LogP contribution < -0.4 is 0 Å². The van der Waals surface area contributed by atoms with Crippen molar-refractivity contribution < 1.29 is 4.39 Å². The smallest absolute Gasteiger partial charge is 0.133 e. The van der Waals surface area contributed by atoms with Gasteiger partial charge < -0.3 is 0 Å². The molecule has 1 heterocycles. The van der Waals surface area contributed by atoms with E-state index in [1.165, 1.54) is 17.4 Å². The molecule has 2 aromatic rings. The first-order chi connectivity index (χ1) is 6.76. The van der Waals surface area contributed by atoms with Crippen LogP contribution in [0.5, 0.6) is 0 Å². The minimum Gasteiger partial charge on any atom is -0.206 e. The minimum atomic E-state index is -0.280. The molecule has 0 bridgehead atoms. The number of hydrogen-bond donors (Lipinski definition) is 0. The summed E-state index contributed by atoms with van der Waals surface area (Å²) >= 11 is 1.42. The molecule has 1 aromatic heterocycles. The van der Waals surface area contributed by atoms with E-state index >= 15 is 0 Å². The summed E-state index contributed by atoms with van der Waals surface area (Å²) < 4.78 is 14.4. The average molecular weight is 205 g/mol. The van der Waals surface area contributed by atoms with E-state index in [0.717, 1.165) is 16.7 Å². The fraction of sp³-hybridized carbons (Fsp3) is 0.182. The Bertz CT molecular complexity index is 522. The lowest BCUT2D eigenvalue weighted by atomic mass is 10.1. The Kier molecular flexibility index (Phi) is 2.22.